The lowest BCUT2D eigenvalue weighted by molar-refractivity contribution is 0.112. The van der Waals surface area contributed by atoms with Crippen molar-refractivity contribution in [3.63, 3.8) is 0 Å². The van der Waals surface area contributed by atoms with Gasteiger partial charge < -0.3 is 4.90 Å². The number of aromatic nitrogens is 2. The number of carbonyl (C=O) groups is 1. The zero-order chi connectivity index (χ0) is 10.7. The van der Waals surface area contributed by atoms with Gasteiger partial charge in [0.2, 0.25) is 0 Å². The second-order valence-electron chi connectivity index (χ2n) is 3.86. The smallest absolute Gasteiger partial charge is 0.155 e. The van der Waals surface area contributed by atoms with E-state index in [9.17, 15) is 4.79 Å². The van der Waals surface area contributed by atoms with Gasteiger partial charge in [-0.05, 0) is 26.2 Å². The van der Waals surface area contributed by atoms with E-state index in [0.29, 0.717) is 5.56 Å². The lowest BCUT2D eigenvalue weighted by Crippen LogP contribution is -2.31. The van der Waals surface area contributed by atoms with Crippen LogP contribution in [0.15, 0.2) is 6.20 Å². The van der Waals surface area contributed by atoms with Gasteiger partial charge in [-0.25, -0.2) is 9.97 Å². The molecule has 1 aromatic heterocycles. The number of hydrogen-bond donors (Lipinski definition) is 0. The van der Waals surface area contributed by atoms with Crippen molar-refractivity contribution in [1.29, 1.82) is 0 Å². The highest BCUT2D eigenvalue weighted by molar-refractivity contribution is 5.82. The third-order valence-corrected chi connectivity index (χ3v) is 2.70. The topological polar surface area (TPSA) is 46.1 Å². The minimum atomic E-state index is 0.600. The molecule has 0 saturated carbocycles. The van der Waals surface area contributed by atoms with Crippen LogP contribution < -0.4 is 4.90 Å². The molecular weight excluding hydrogens is 190 g/mol. The Morgan fingerprint density at radius 3 is 2.73 bits per heavy atom. The van der Waals surface area contributed by atoms with Crippen LogP contribution >= 0.6 is 0 Å². The van der Waals surface area contributed by atoms with Gasteiger partial charge in [-0.2, -0.15) is 0 Å². The quantitative estimate of drug-likeness (QED) is 0.688. The first-order valence-corrected chi connectivity index (χ1v) is 5.35. The molecule has 0 atom stereocenters. The van der Waals surface area contributed by atoms with Crippen LogP contribution in [0.4, 0.5) is 5.82 Å². The third kappa shape index (κ3) is 2.14. The predicted molar refractivity (Wildman–Crippen MR) is 58.2 cm³/mol. The average Bonchev–Trinajstić information content (AvgIpc) is 2.30. The molecule has 15 heavy (non-hydrogen) atoms. The van der Waals surface area contributed by atoms with Crippen molar-refractivity contribution < 1.29 is 4.79 Å². The molecule has 1 aliphatic heterocycles. The van der Waals surface area contributed by atoms with Gasteiger partial charge in [0.25, 0.3) is 0 Å². The van der Waals surface area contributed by atoms with Crippen molar-refractivity contribution in [1.82, 2.24) is 9.97 Å². The largest absolute Gasteiger partial charge is 0.356 e. The number of carbonyl (C=O) groups excluding carboxylic acids is 1. The Balaban J connectivity index is 2.31. The average molecular weight is 205 g/mol. The van der Waals surface area contributed by atoms with E-state index in [1.165, 1.54) is 19.3 Å². The zero-order valence-corrected chi connectivity index (χ0v) is 8.94. The number of aryl methyl sites for hydroxylation is 1. The highest BCUT2D eigenvalue weighted by Crippen LogP contribution is 2.20. The molecule has 2 rings (SSSR count). The maximum Gasteiger partial charge on any atom is 0.155 e. The molecule has 4 nitrogen and oxygen atoms in total. The molecule has 1 aliphatic rings. The van der Waals surface area contributed by atoms with E-state index >= 15 is 0 Å². The number of anilines is 1. The summed E-state index contributed by atoms with van der Waals surface area (Å²) in [6, 6.07) is 0. The van der Waals surface area contributed by atoms with Crippen molar-refractivity contribution in [2.24, 2.45) is 0 Å². The van der Waals surface area contributed by atoms with E-state index in [2.05, 4.69) is 14.9 Å². The zero-order valence-electron chi connectivity index (χ0n) is 8.94. The van der Waals surface area contributed by atoms with E-state index in [1.54, 1.807) is 6.20 Å². The van der Waals surface area contributed by atoms with Gasteiger partial charge in [-0.1, -0.05) is 0 Å². The molecule has 0 N–H and O–H groups in total. The van der Waals surface area contributed by atoms with Crippen LogP contribution in [-0.4, -0.2) is 29.3 Å². The fraction of sp³-hybridized carbons (Fsp3) is 0.545. The van der Waals surface area contributed by atoms with E-state index < -0.39 is 0 Å². The lowest BCUT2D eigenvalue weighted by Gasteiger charge is -2.28. The van der Waals surface area contributed by atoms with Crippen molar-refractivity contribution in [2.45, 2.75) is 26.2 Å². The highest BCUT2D eigenvalue weighted by Gasteiger charge is 2.15. The fourth-order valence-electron chi connectivity index (χ4n) is 1.91. The highest BCUT2D eigenvalue weighted by atomic mass is 16.1. The van der Waals surface area contributed by atoms with Crippen LogP contribution in [0.5, 0.6) is 0 Å². The summed E-state index contributed by atoms with van der Waals surface area (Å²) in [6.45, 7) is 3.84. The van der Waals surface area contributed by atoms with Crippen LogP contribution in [0.2, 0.25) is 0 Å². The number of aldehydes is 1. The molecule has 1 aromatic rings. The van der Waals surface area contributed by atoms with E-state index in [0.717, 1.165) is 31.0 Å². The first-order valence-electron chi connectivity index (χ1n) is 5.35. The van der Waals surface area contributed by atoms with Crippen molar-refractivity contribution in [3.8, 4) is 0 Å². The summed E-state index contributed by atoms with van der Waals surface area (Å²) in [6.07, 6.45) is 6.09. The molecule has 2 heterocycles. The monoisotopic (exact) mass is 205 g/mol. The molecule has 80 valence electrons. The van der Waals surface area contributed by atoms with Crippen LogP contribution in [0.3, 0.4) is 0 Å². The second-order valence-corrected chi connectivity index (χ2v) is 3.86. The SMILES string of the molecule is Cc1ncc(C=O)c(N2CCCCC2)n1. The minimum absolute atomic E-state index is 0.600. The van der Waals surface area contributed by atoms with E-state index in [-0.39, 0.29) is 0 Å². The van der Waals surface area contributed by atoms with Crippen LogP contribution in [0, 0.1) is 6.92 Å². The normalized spacial score (nSPS) is 16.5. The minimum Gasteiger partial charge on any atom is -0.356 e. The molecule has 0 unspecified atom stereocenters. The van der Waals surface area contributed by atoms with Gasteiger partial charge in [-0.15, -0.1) is 0 Å². The fourth-order valence-corrected chi connectivity index (χ4v) is 1.91. The van der Waals surface area contributed by atoms with Crippen molar-refractivity contribution >= 4 is 12.1 Å². The first-order chi connectivity index (χ1) is 7.31. The Labute approximate surface area is 89.3 Å². The molecule has 0 bridgehead atoms. The van der Waals surface area contributed by atoms with Crippen LogP contribution in [0.1, 0.15) is 35.4 Å². The summed E-state index contributed by atoms with van der Waals surface area (Å²) >= 11 is 0. The van der Waals surface area contributed by atoms with Crippen molar-refractivity contribution in [2.75, 3.05) is 18.0 Å². The Morgan fingerprint density at radius 2 is 2.07 bits per heavy atom. The second kappa shape index (κ2) is 4.38. The van der Waals surface area contributed by atoms with Crippen LogP contribution in [-0.2, 0) is 0 Å². The summed E-state index contributed by atoms with van der Waals surface area (Å²) in [5.41, 5.74) is 0.600. The summed E-state index contributed by atoms with van der Waals surface area (Å²) in [5.74, 6) is 1.53. The van der Waals surface area contributed by atoms with E-state index in [1.807, 2.05) is 6.92 Å². The standard InChI is InChI=1S/C11H15N3O/c1-9-12-7-10(8-15)11(13-9)14-5-3-2-4-6-14/h7-8H,2-6H2,1H3. The predicted octanol–water partition coefficient (Wildman–Crippen LogP) is 1.59. The van der Waals surface area contributed by atoms with Crippen molar-refractivity contribution in [3.05, 3.63) is 17.6 Å². The number of rotatable bonds is 2. The Bertz CT molecular complexity index is 359. The molecule has 0 aliphatic carbocycles. The summed E-state index contributed by atoms with van der Waals surface area (Å²) in [7, 11) is 0. The maximum absolute atomic E-state index is 10.9. The number of hydrogen-bond acceptors (Lipinski definition) is 4. The lowest BCUT2D eigenvalue weighted by atomic mass is 10.1. The summed E-state index contributed by atoms with van der Waals surface area (Å²) < 4.78 is 0. The van der Waals surface area contributed by atoms with Gasteiger partial charge in [0.1, 0.15) is 11.6 Å². The van der Waals surface area contributed by atoms with Gasteiger partial charge in [0, 0.05) is 19.3 Å². The molecule has 0 spiro atoms. The molecular formula is C11H15N3O. The van der Waals surface area contributed by atoms with Gasteiger partial charge >= 0.3 is 0 Å². The summed E-state index contributed by atoms with van der Waals surface area (Å²) in [5, 5.41) is 0. The molecule has 0 aromatic carbocycles. The molecule has 0 radical (unpaired) electrons. The Hall–Kier alpha value is -1.45. The molecule has 1 saturated heterocycles. The van der Waals surface area contributed by atoms with E-state index in [4.69, 9.17) is 0 Å². The van der Waals surface area contributed by atoms with Gasteiger partial charge in [0.15, 0.2) is 6.29 Å². The van der Waals surface area contributed by atoms with Gasteiger partial charge in [-0.3, -0.25) is 4.79 Å². The number of piperidine rings is 1. The molecule has 4 heteroatoms. The molecule has 0 amide bonds. The molecule has 1 fully saturated rings. The summed E-state index contributed by atoms with van der Waals surface area (Å²) in [4.78, 5) is 21.4. The Kier molecular flexibility index (Phi) is 2.94. The number of nitrogens with zero attached hydrogens (tertiary/aromatic N) is 3. The van der Waals surface area contributed by atoms with Gasteiger partial charge in [0.05, 0.1) is 5.56 Å². The third-order valence-electron chi connectivity index (χ3n) is 2.70. The van der Waals surface area contributed by atoms with Crippen LogP contribution in [0.25, 0.3) is 0 Å². The maximum atomic E-state index is 10.9. The first kappa shape index (κ1) is 10.1. The Morgan fingerprint density at radius 1 is 1.33 bits per heavy atom.